The zero-order valence-electron chi connectivity index (χ0n) is 12.6. The number of anilines is 1. The summed E-state index contributed by atoms with van der Waals surface area (Å²) in [5.41, 5.74) is 1.32. The number of halogens is 9. The van der Waals surface area contributed by atoms with Gasteiger partial charge in [-0.1, -0.05) is 34.8 Å². The Bertz CT molecular complexity index is 1030. The van der Waals surface area contributed by atoms with Crippen LogP contribution in [0.25, 0.3) is 16.7 Å². The van der Waals surface area contributed by atoms with E-state index in [-0.39, 0.29) is 26.8 Å². The Morgan fingerprint density at radius 3 is 1.93 bits per heavy atom. The summed E-state index contributed by atoms with van der Waals surface area (Å²) in [5, 5.41) is 2.71. The number of rotatable bonds is 1. The topological polar surface area (TPSA) is 56.7 Å². The van der Waals surface area contributed by atoms with Crippen LogP contribution in [0.4, 0.5) is 32.2 Å². The monoisotopic (exact) mass is 448 g/mol. The molecule has 0 atom stereocenters. The van der Waals surface area contributed by atoms with E-state index in [4.69, 9.17) is 40.5 Å². The Morgan fingerprint density at radius 2 is 1.44 bits per heavy atom. The fourth-order valence-electron chi connectivity index (χ4n) is 2.39. The molecule has 3 rings (SSSR count). The number of aromatic nitrogens is 3. The molecule has 0 aliphatic heterocycles. The van der Waals surface area contributed by atoms with E-state index in [1.165, 1.54) is 12.1 Å². The van der Waals surface area contributed by atoms with E-state index in [1.54, 1.807) is 0 Å². The van der Waals surface area contributed by atoms with Crippen LogP contribution in [0.15, 0.2) is 18.2 Å². The molecule has 27 heavy (non-hydrogen) atoms. The Hall–Kier alpha value is -1.91. The summed E-state index contributed by atoms with van der Waals surface area (Å²) in [6, 6.07) is 2.31. The van der Waals surface area contributed by atoms with Crippen LogP contribution in [0.3, 0.4) is 0 Å². The van der Waals surface area contributed by atoms with Crippen molar-refractivity contribution in [2.75, 3.05) is 5.73 Å². The van der Waals surface area contributed by atoms with Crippen molar-refractivity contribution in [1.82, 2.24) is 14.8 Å². The molecule has 2 N–H and O–H groups in total. The molecule has 3 aromatic rings. The summed E-state index contributed by atoms with van der Waals surface area (Å²) in [6.45, 7) is 0. The molecule has 2 aromatic heterocycles. The lowest BCUT2D eigenvalue weighted by atomic mass is 10.1. The van der Waals surface area contributed by atoms with Gasteiger partial charge in [-0.25, -0.2) is 9.67 Å². The first-order valence-corrected chi connectivity index (χ1v) is 7.92. The minimum atomic E-state index is -5.14. The van der Waals surface area contributed by atoms with Gasteiger partial charge in [0.15, 0.2) is 5.65 Å². The number of nitrogens with two attached hydrogens (primary N) is 1. The molecule has 0 spiro atoms. The van der Waals surface area contributed by atoms with E-state index in [0.29, 0.717) is 4.68 Å². The van der Waals surface area contributed by atoms with E-state index in [9.17, 15) is 26.3 Å². The van der Waals surface area contributed by atoms with Gasteiger partial charge < -0.3 is 5.73 Å². The molecule has 0 bridgehead atoms. The second kappa shape index (κ2) is 6.32. The van der Waals surface area contributed by atoms with E-state index in [2.05, 4.69) is 10.1 Å². The quantitative estimate of drug-likeness (QED) is 0.464. The highest BCUT2D eigenvalue weighted by molar-refractivity contribution is 6.40. The lowest BCUT2D eigenvalue weighted by molar-refractivity contribution is -0.144. The second-order valence-corrected chi connectivity index (χ2v) is 6.52. The van der Waals surface area contributed by atoms with Gasteiger partial charge in [0.05, 0.1) is 21.0 Å². The summed E-state index contributed by atoms with van der Waals surface area (Å²) >= 11 is 17.8. The van der Waals surface area contributed by atoms with Crippen LogP contribution >= 0.6 is 34.8 Å². The highest BCUT2D eigenvalue weighted by atomic mass is 35.5. The van der Waals surface area contributed by atoms with Crippen molar-refractivity contribution in [2.45, 2.75) is 12.4 Å². The average Bonchev–Trinajstić information content (AvgIpc) is 2.80. The largest absolute Gasteiger partial charge is 0.433 e. The standard InChI is InChI=1S/C14H5Cl3F6N4/c15-4-1-6(16)10(7(17)2-4)27-11(24)9-5(13(18,19)20)3-8(14(21,22)23)25-12(9)26-27/h1-3H,24H2. The maximum Gasteiger partial charge on any atom is 0.433 e. The predicted octanol–water partition coefficient (Wildman–Crippen LogP) is 6.00. The van der Waals surface area contributed by atoms with Gasteiger partial charge in [0.25, 0.3) is 0 Å². The summed E-state index contributed by atoms with van der Waals surface area (Å²) in [7, 11) is 0. The molecule has 144 valence electrons. The minimum Gasteiger partial charge on any atom is -0.383 e. The first-order chi connectivity index (χ1) is 12.3. The third kappa shape index (κ3) is 3.48. The average molecular weight is 450 g/mol. The highest BCUT2D eigenvalue weighted by Gasteiger charge is 2.41. The number of hydrogen-bond donors (Lipinski definition) is 1. The molecule has 0 saturated heterocycles. The Balaban J connectivity index is 2.42. The van der Waals surface area contributed by atoms with Crippen molar-refractivity contribution in [3.05, 3.63) is 44.5 Å². The first-order valence-electron chi connectivity index (χ1n) is 6.79. The molecule has 0 fully saturated rings. The zero-order chi connectivity index (χ0) is 20.3. The lowest BCUT2D eigenvalue weighted by Gasteiger charge is -2.12. The molecule has 0 saturated carbocycles. The number of benzene rings is 1. The van der Waals surface area contributed by atoms with Crippen molar-refractivity contribution < 1.29 is 26.3 Å². The SMILES string of the molecule is Nc1c2c(C(F)(F)F)cc(C(F)(F)F)nc2nn1-c1c(Cl)cc(Cl)cc1Cl. The van der Waals surface area contributed by atoms with E-state index in [0.717, 1.165) is 0 Å². The van der Waals surface area contributed by atoms with Crippen LogP contribution in [0.2, 0.25) is 15.1 Å². The van der Waals surface area contributed by atoms with Crippen LogP contribution < -0.4 is 5.73 Å². The van der Waals surface area contributed by atoms with E-state index >= 15 is 0 Å². The van der Waals surface area contributed by atoms with E-state index < -0.39 is 40.5 Å². The second-order valence-electron chi connectivity index (χ2n) is 5.26. The molecule has 0 aliphatic carbocycles. The van der Waals surface area contributed by atoms with Gasteiger partial charge in [0.1, 0.15) is 17.2 Å². The van der Waals surface area contributed by atoms with Gasteiger partial charge in [-0.15, -0.1) is 5.10 Å². The maximum absolute atomic E-state index is 13.3. The summed E-state index contributed by atoms with van der Waals surface area (Å²) in [5.74, 6) is -0.635. The minimum absolute atomic E-state index is 0.123. The fourth-order valence-corrected chi connectivity index (χ4v) is 3.36. The molecule has 0 aliphatic rings. The molecular weight excluding hydrogens is 445 g/mol. The van der Waals surface area contributed by atoms with Gasteiger partial charge in [-0.05, 0) is 18.2 Å². The number of nitrogens with zero attached hydrogens (tertiary/aromatic N) is 3. The smallest absolute Gasteiger partial charge is 0.383 e. The van der Waals surface area contributed by atoms with Crippen LogP contribution in [0.1, 0.15) is 11.3 Å². The van der Waals surface area contributed by atoms with Crippen molar-refractivity contribution in [2.24, 2.45) is 0 Å². The van der Waals surface area contributed by atoms with Gasteiger partial charge in [0.2, 0.25) is 0 Å². The number of hydrogen-bond acceptors (Lipinski definition) is 3. The normalized spacial score (nSPS) is 12.8. The molecule has 0 radical (unpaired) electrons. The maximum atomic E-state index is 13.3. The van der Waals surface area contributed by atoms with Gasteiger partial charge in [0, 0.05) is 5.02 Å². The van der Waals surface area contributed by atoms with Crippen LogP contribution in [-0.2, 0) is 12.4 Å². The molecule has 1 aromatic carbocycles. The van der Waals surface area contributed by atoms with E-state index in [1.807, 2.05) is 0 Å². The van der Waals surface area contributed by atoms with Crippen molar-refractivity contribution in [1.29, 1.82) is 0 Å². The highest BCUT2D eigenvalue weighted by Crippen LogP contribution is 2.42. The first kappa shape index (κ1) is 19.8. The van der Waals surface area contributed by atoms with Crippen LogP contribution in [0.5, 0.6) is 0 Å². The van der Waals surface area contributed by atoms with Gasteiger partial charge in [-0.2, -0.15) is 26.3 Å². The predicted molar refractivity (Wildman–Crippen MR) is 88.3 cm³/mol. The molecular formula is C14H5Cl3F6N4. The summed E-state index contributed by atoms with van der Waals surface area (Å²) in [4.78, 5) is 3.16. The van der Waals surface area contributed by atoms with Gasteiger partial charge in [-0.3, -0.25) is 0 Å². The molecule has 0 amide bonds. The third-order valence-electron chi connectivity index (χ3n) is 3.47. The Kier molecular flexibility index (Phi) is 4.64. The molecule has 4 nitrogen and oxygen atoms in total. The van der Waals surface area contributed by atoms with Crippen LogP contribution in [0, 0.1) is 0 Å². The number of fused-ring (bicyclic) bond motifs is 1. The fraction of sp³-hybridized carbons (Fsp3) is 0.143. The van der Waals surface area contributed by atoms with Gasteiger partial charge >= 0.3 is 12.4 Å². The number of pyridine rings is 1. The lowest BCUT2D eigenvalue weighted by Crippen LogP contribution is -2.13. The van der Waals surface area contributed by atoms with Crippen molar-refractivity contribution >= 4 is 51.7 Å². The summed E-state index contributed by atoms with van der Waals surface area (Å²) in [6.07, 6.45) is -10.3. The molecule has 13 heteroatoms. The van der Waals surface area contributed by atoms with Crippen molar-refractivity contribution in [3.63, 3.8) is 0 Å². The number of nitrogen functional groups attached to an aromatic ring is 1. The van der Waals surface area contributed by atoms with Crippen molar-refractivity contribution in [3.8, 4) is 5.69 Å². The molecule has 2 heterocycles. The zero-order valence-corrected chi connectivity index (χ0v) is 14.8. The number of alkyl halides is 6. The molecule has 0 unspecified atom stereocenters. The Morgan fingerprint density at radius 1 is 0.889 bits per heavy atom. The Labute approximate surface area is 161 Å². The van der Waals surface area contributed by atoms with Crippen LogP contribution in [-0.4, -0.2) is 14.8 Å². The third-order valence-corrected chi connectivity index (χ3v) is 4.26. The summed E-state index contributed by atoms with van der Waals surface area (Å²) < 4.78 is 79.5.